The van der Waals surface area contributed by atoms with Gasteiger partial charge in [-0.3, -0.25) is 0 Å². The lowest BCUT2D eigenvalue weighted by Crippen LogP contribution is -2.25. The molecule has 0 saturated heterocycles. The first-order valence-corrected chi connectivity index (χ1v) is 11.4. The van der Waals surface area contributed by atoms with Crippen molar-refractivity contribution in [3.05, 3.63) is 71.8 Å². The van der Waals surface area contributed by atoms with E-state index in [1.165, 1.54) is 57.1 Å². The fraction of sp³-hybridized carbons (Fsp3) is 0.429. The molecule has 2 aromatic rings. The minimum absolute atomic E-state index is 1.04. The summed E-state index contributed by atoms with van der Waals surface area (Å²) in [5.41, 5.74) is 4.56. The van der Waals surface area contributed by atoms with Crippen LogP contribution in [0.15, 0.2) is 55.1 Å². The van der Waals surface area contributed by atoms with Crippen molar-refractivity contribution in [2.24, 2.45) is 0 Å². The van der Waals surface area contributed by atoms with Gasteiger partial charge in [-0.2, -0.15) is 0 Å². The Labute approximate surface area is 178 Å². The van der Waals surface area contributed by atoms with Crippen molar-refractivity contribution in [1.29, 1.82) is 0 Å². The monoisotopic (exact) mass is 387 g/mol. The first-order chi connectivity index (χ1) is 14.3. The number of hydrogen-bond donors (Lipinski definition) is 0. The van der Waals surface area contributed by atoms with E-state index in [4.69, 9.17) is 0 Å². The molecule has 0 aromatic heterocycles. The summed E-state index contributed by atoms with van der Waals surface area (Å²) in [6.07, 6.45) is 12.3. The predicted octanol–water partition coefficient (Wildman–Crippen LogP) is 7.70. The van der Waals surface area contributed by atoms with Crippen molar-refractivity contribution < 1.29 is 0 Å². The van der Waals surface area contributed by atoms with Gasteiger partial charge in [0.1, 0.15) is 0 Å². The van der Waals surface area contributed by atoms with Crippen LogP contribution in [0.3, 0.4) is 0 Å². The van der Waals surface area contributed by atoms with E-state index in [1.54, 1.807) is 0 Å². The third-order valence-electron chi connectivity index (χ3n) is 5.29. The van der Waals surface area contributed by atoms with Gasteiger partial charge in [-0.1, -0.05) is 89.0 Å². The summed E-state index contributed by atoms with van der Waals surface area (Å²) in [5, 5.41) is 0. The fourth-order valence-corrected chi connectivity index (χ4v) is 3.43. The van der Waals surface area contributed by atoms with E-state index in [2.05, 4.69) is 73.6 Å². The Morgan fingerprint density at radius 2 is 1.17 bits per heavy atom. The molecule has 154 valence electrons. The fourth-order valence-electron chi connectivity index (χ4n) is 3.43. The highest BCUT2D eigenvalue weighted by atomic mass is 15.1. The molecule has 0 heterocycles. The Bertz CT molecular complexity index is 747. The van der Waals surface area contributed by atoms with Crippen LogP contribution in [0.5, 0.6) is 0 Å². The van der Waals surface area contributed by atoms with Gasteiger partial charge in [-0.15, -0.1) is 0 Å². The van der Waals surface area contributed by atoms with E-state index in [9.17, 15) is 0 Å². The highest BCUT2D eigenvalue weighted by Gasteiger charge is 2.06. The molecule has 0 aliphatic rings. The summed E-state index contributed by atoms with van der Waals surface area (Å²) >= 11 is 0. The molecule has 0 bridgehead atoms. The van der Waals surface area contributed by atoms with Crippen molar-refractivity contribution in [2.45, 2.75) is 65.2 Å². The lowest BCUT2D eigenvalue weighted by Gasteiger charge is -2.25. The van der Waals surface area contributed by atoms with Gasteiger partial charge in [0.15, 0.2) is 0 Å². The van der Waals surface area contributed by atoms with Crippen LogP contribution in [-0.4, -0.2) is 13.1 Å². The normalized spacial score (nSPS) is 10.3. The van der Waals surface area contributed by atoms with Gasteiger partial charge >= 0.3 is 0 Å². The predicted molar refractivity (Wildman–Crippen MR) is 129 cm³/mol. The van der Waals surface area contributed by atoms with Gasteiger partial charge in [0.25, 0.3) is 0 Å². The molecule has 0 N–H and O–H groups in total. The first kappa shape index (κ1) is 22.8. The Hall–Kier alpha value is -2.46. The second-order valence-corrected chi connectivity index (χ2v) is 7.73. The number of hydrogen-bond acceptors (Lipinski definition) is 1. The van der Waals surface area contributed by atoms with Crippen molar-refractivity contribution in [1.82, 2.24) is 0 Å². The van der Waals surface area contributed by atoms with Crippen LogP contribution < -0.4 is 4.90 Å². The van der Waals surface area contributed by atoms with Crippen molar-refractivity contribution >= 4 is 11.8 Å². The van der Waals surface area contributed by atoms with Crippen molar-refractivity contribution in [3.63, 3.8) is 0 Å². The maximum absolute atomic E-state index is 3.79. The third kappa shape index (κ3) is 8.61. The molecule has 0 aliphatic carbocycles. The smallest absolute Gasteiger partial charge is 0.0367 e. The molecule has 0 fully saturated rings. The zero-order chi connectivity index (χ0) is 20.7. The lowest BCUT2D eigenvalue weighted by molar-refractivity contribution is 0.609. The molecule has 0 unspecified atom stereocenters. The molecule has 2 rings (SSSR count). The van der Waals surface area contributed by atoms with Crippen LogP contribution in [0.25, 0.3) is 6.08 Å². The minimum atomic E-state index is 1.04. The minimum Gasteiger partial charge on any atom is -0.372 e. The Kier molecular flexibility index (Phi) is 10.8. The van der Waals surface area contributed by atoms with Crippen LogP contribution in [0.4, 0.5) is 5.69 Å². The van der Waals surface area contributed by atoms with Crippen molar-refractivity contribution in [3.8, 4) is 11.8 Å². The molecule has 29 heavy (non-hydrogen) atoms. The summed E-state index contributed by atoms with van der Waals surface area (Å²) in [4.78, 5) is 2.57. The molecule has 1 nitrogen and oxygen atoms in total. The molecule has 1 heteroatoms. The molecule has 0 aliphatic heterocycles. The molecule has 0 amide bonds. The van der Waals surface area contributed by atoms with Gasteiger partial charge < -0.3 is 4.90 Å². The van der Waals surface area contributed by atoms with Gasteiger partial charge in [0, 0.05) is 29.9 Å². The van der Waals surface area contributed by atoms with Gasteiger partial charge in [-0.25, -0.2) is 0 Å². The van der Waals surface area contributed by atoms with Crippen LogP contribution in [0.1, 0.15) is 81.9 Å². The van der Waals surface area contributed by atoms with Crippen LogP contribution in [0, 0.1) is 11.8 Å². The summed E-state index contributed by atoms with van der Waals surface area (Å²) in [6, 6.07) is 17.0. The average molecular weight is 388 g/mol. The van der Waals surface area contributed by atoms with E-state index in [-0.39, 0.29) is 0 Å². The average Bonchev–Trinajstić information content (AvgIpc) is 2.77. The lowest BCUT2D eigenvalue weighted by atomic mass is 10.1. The Morgan fingerprint density at radius 3 is 1.62 bits per heavy atom. The molecule has 0 saturated carbocycles. The van der Waals surface area contributed by atoms with E-state index in [0.717, 1.165) is 29.8 Å². The second-order valence-electron chi connectivity index (χ2n) is 7.73. The number of rotatable bonds is 12. The summed E-state index contributed by atoms with van der Waals surface area (Å²) in [7, 11) is 0. The summed E-state index contributed by atoms with van der Waals surface area (Å²) < 4.78 is 0. The van der Waals surface area contributed by atoms with Crippen molar-refractivity contribution in [2.75, 3.05) is 18.0 Å². The Balaban J connectivity index is 2.00. The highest BCUT2D eigenvalue weighted by Crippen LogP contribution is 2.18. The third-order valence-corrected chi connectivity index (χ3v) is 5.29. The summed E-state index contributed by atoms with van der Waals surface area (Å²) in [6.45, 7) is 10.7. The SMILES string of the molecule is C=Cc1ccc(C#Cc2ccc(N(CCCCCC)CCCCCC)cc2)cc1. The molecular weight excluding hydrogens is 350 g/mol. The maximum Gasteiger partial charge on any atom is 0.0367 e. The topological polar surface area (TPSA) is 3.24 Å². The largest absolute Gasteiger partial charge is 0.372 e. The molecule has 0 radical (unpaired) electrons. The van der Waals surface area contributed by atoms with Crippen LogP contribution in [0.2, 0.25) is 0 Å². The number of unbranched alkanes of at least 4 members (excludes halogenated alkanes) is 6. The first-order valence-electron chi connectivity index (χ1n) is 11.4. The van der Waals surface area contributed by atoms with Gasteiger partial charge in [0.05, 0.1) is 0 Å². The van der Waals surface area contributed by atoms with Crippen LogP contribution in [-0.2, 0) is 0 Å². The highest BCUT2D eigenvalue weighted by molar-refractivity contribution is 5.53. The zero-order valence-corrected chi connectivity index (χ0v) is 18.4. The number of benzene rings is 2. The summed E-state index contributed by atoms with van der Waals surface area (Å²) in [5.74, 6) is 6.55. The van der Waals surface area contributed by atoms with Gasteiger partial charge in [0.2, 0.25) is 0 Å². The molecule has 0 atom stereocenters. The van der Waals surface area contributed by atoms with E-state index >= 15 is 0 Å². The maximum atomic E-state index is 3.79. The van der Waals surface area contributed by atoms with E-state index in [0.29, 0.717) is 0 Å². The quantitative estimate of drug-likeness (QED) is 0.266. The van der Waals surface area contributed by atoms with E-state index < -0.39 is 0 Å². The molecule has 2 aromatic carbocycles. The number of nitrogens with zero attached hydrogens (tertiary/aromatic N) is 1. The number of anilines is 1. The zero-order valence-electron chi connectivity index (χ0n) is 18.4. The van der Waals surface area contributed by atoms with Crippen LogP contribution >= 0.6 is 0 Å². The van der Waals surface area contributed by atoms with Gasteiger partial charge in [-0.05, 0) is 54.8 Å². The standard InChI is InChI=1S/C28H37N/c1-4-7-9-11-23-29(24-12-10-8-5-2)28-21-19-27(20-22-28)18-17-26-15-13-25(6-3)14-16-26/h6,13-16,19-22H,3-5,7-12,23-24H2,1-2H3. The van der Waals surface area contributed by atoms with E-state index in [1.807, 2.05) is 18.2 Å². The molecule has 0 spiro atoms. The molecular formula is C28H37N. The Morgan fingerprint density at radius 1 is 0.690 bits per heavy atom. The second kappa shape index (κ2) is 13.7.